The molecule has 0 atom stereocenters. The number of halogens is 2. The van der Waals surface area contributed by atoms with Crippen molar-refractivity contribution in [3.8, 4) is 0 Å². The highest BCUT2D eigenvalue weighted by atomic mass is 35.5. The van der Waals surface area contributed by atoms with Crippen LogP contribution in [0.25, 0.3) is 0 Å². The van der Waals surface area contributed by atoms with Crippen molar-refractivity contribution in [2.45, 2.75) is 32.3 Å². The Hall–Kier alpha value is -1.29. The predicted molar refractivity (Wildman–Crippen MR) is 72.0 cm³/mol. The summed E-state index contributed by atoms with van der Waals surface area (Å²) in [6.07, 6.45) is -0.308. The maximum absolute atomic E-state index is 13.1. The Morgan fingerprint density at radius 2 is 2.05 bits per heavy atom. The van der Waals surface area contributed by atoms with Gasteiger partial charge >= 0.3 is 6.09 Å². The normalized spacial score (nSPS) is 16.2. The average molecular weight is 286 g/mol. The molecular weight excluding hydrogens is 269 g/mol. The summed E-state index contributed by atoms with van der Waals surface area (Å²) in [4.78, 5) is 13.4. The molecule has 1 saturated heterocycles. The van der Waals surface area contributed by atoms with E-state index in [0.717, 1.165) is 5.56 Å². The van der Waals surface area contributed by atoms with Crippen LogP contribution >= 0.6 is 11.6 Å². The van der Waals surface area contributed by atoms with Gasteiger partial charge in [0.2, 0.25) is 0 Å². The molecular formula is C14H17ClFNO2. The van der Waals surface area contributed by atoms with Gasteiger partial charge in [0.25, 0.3) is 0 Å². The van der Waals surface area contributed by atoms with E-state index in [0.29, 0.717) is 13.1 Å². The van der Waals surface area contributed by atoms with Crippen LogP contribution in [0.2, 0.25) is 5.02 Å². The molecule has 0 N–H and O–H groups in total. The zero-order chi connectivity index (χ0) is 14.2. The second-order valence-electron chi connectivity index (χ2n) is 5.76. The third-order valence-corrected chi connectivity index (χ3v) is 3.24. The van der Waals surface area contributed by atoms with Crippen LogP contribution in [0.1, 0.15) is 32.3 Å². The van der Waals surface area contributed by atoms with Crippen LogP contribution in [-0.2, 0) is 4.74 Å². The fourth-order valence-electron chi connectivity index (χ4n) is 1.93. The number of rotatable bonds is 1. The molecule has 0 radical (unpaired) electrons. The highest BCUT2D eigenvalue weighted by Crippen LogP contribution is 2.30. The molecule has 1 heterocycles. The predicted octanol–water partition coefficient (Wildman–Crippen LogP) is 3.81. The number of amides is 1. The molecule has 104 valence electrons. The lowest BCUT2D eigenvalue weighted by atomic mass is 9.92. The van der Waals surface area contributed by atoms with Crippen molar-refractivity contribution in [1.82, 2.24) is 4.90 Å². The molecule has 1 aromatic rings. The molecule has 1 aliphatic heterocycles. The first kappa shape index (κ1) is 14.1. The van der Waals surface area contributed by atoms with E-state index < -0.39 is 11.4 Å². The van der Waals surface area contributed by atoms with Crippen LogP contribution in [0.5, 0.6) is 0 Å². The van der Waals surface area contributed by atoms with Crippen molar-refractivity contribution in [3.63, 3.8) is 0 Å². The molecule has 1 aliphatic rings. The second-order valence-corrected chi connectivity index (χ2v) is 6.16. The maximum Gasteiger partial charge on any atom is 0.410 e. The molecule has 2 rings (SSSR count). The summed E-state index contributed by atoms with van der Waals surface area (Å²) >= 11 is 5.74. The number of nitrogens with zero attached hydrogens (tertiary/aromatic N) is 1. The first-order valence-electron chi connectivity index (χ1n) is 6.19. The summed E-state index contributed by atoms with van der Waals surface area (Å²) in [5.74, 6) is -0.223. The topological polar surface area (TPSA) is 29.5 Å². The number of likely N-dealkylation sites (tertiary alicyclic amines) is 1. The van der Waals surface area contributed by atoms with Gasteiger partial charge in [0.15, 0.2) is 0 Å². The second kappa shape index (κ2) is 5.00. The molecule has 1 fully saturated rings. The molecule has 1 aromatic carbocycles. The lowest BCUT2D eigenvalue weighted by Crippen LogP contribution is -2.50. The zero-order valence-corrected chi connectivity index (χ0v) is 12.0. The standard InChI is InChI=1S/C14H17ClFNO2/c1-14(2,3)19-13(18)17-7-10(8-17)9-4-5-12(16)11(15)6-9/h4-6,10H,7-8H2,1-3H3. The van der Waals surface area contributed by atoms with Gasteiger partial charge in [0.05, 0.1) is 5.02 Å². The van der Waals surface area contributed by atoms with Crippen molar-refractivity contribution >= 4 is 17.7 Å². The van der Waals surface area contributed by atoms with Crippen LogP contribution in [-0.4, -0.2) is 29.7 Å². The molecule has 5 heteroatoms. The number of hydrogen-bond acceptors (Lipinski definition) is 2. The summed E-state index contributed by atoms with van der Waals surface area (Å²) in [5.41, 5.74) is 0.465. The van der Waals surface area contributed by atoms with E-state index in [2.05, 4.69) is 0 Å². The Balaban J connectivity index is 1.92. The highest BCUT2D eigenvalue weighted by molar-refractivity contribution is 6.30. The molecule has 0 spiro atoms. The van der Waals surface area contributed by atoms with Gasteiger partial charge < -0.3 is 9.64 Å². The van der Waals surface area contributed by atoms with Crippen LogP contribution in [0.15, 0.2) is 18.2 Å². The number of carbonyl (C=O) groups excluding carboxylic acids is 1. The van der Waals surface area contributed by atoms with Gasteiger partial charge in [-0.05, 0) is 38.5 Å². The summed E-state index contributed by atoms with van der Waals surface area (Å²) in [6, 6.07) is 4.68. The van der Waals surface area contributed by atoms with E-state index in [-0.39, 0.29) is 17.0 Å². The highest BCUT2D eigenvalue weighted by Gasteiger charge is 2.34. The van der Waals surface area contributed by atoms with E-state index in [1.165, 1.54) is 6.07 Å². The summed E-state index contributed by atoms with van der Waals surface area (Å²) in [6.45, 7) is 6.67. The quantitative estimate of drug-likeness (QED) is 0.785. The lowest BCUT2D eigenvalue weighted by molar-refractivity contribution is 0.00819. The Labute approximate surface area is 117 Å². The van der Waals surface area contributed by atoms with Gasteiger partial charge in [-0.2, -0.15) is 0 Å². The van der Waals surface area contributed by atoms with E-state index in [4.69, 9.17) is 16.3 Å². The first-order chi connectivity index (χ1) is 8.76. The molecule has 3 nitrogen and oxygen atoms in total. The Kier molecular flexibility index (Phi) is 3.72. The minimum absolute atomic E-state index is 0.119. The largest absolute Gasteiger partial charge is 0.444 e. The number of hydrogen-bond donors (Lipinski definition) is 0. The van der Waals surface area contributed by atoms with Crippen LogP contribution < -0.4 is 0 Å². The van der Waals surface area contributed by atoms with Gasteiger partial charge in [0.1, 0.15) is 11.4 Å². The molecule has 0 aromatic heterocycles. The summed E-state index contributed by atoms with van der Waals surface area (Å²) in [7, 11) is 0. The van der Waals surface area contributed by atoms with Gasteiger partial charge in [0, 0.05) is 19.0 Å². The van der Waals surface area contributed by atoms with E-state index in [1.807, 2.05) is 20.8 Å². The number of benzene rings is 1. The summed E-state index contributed by atoms with van der Waals surface area (Å²) < 4.78 is 18.3. The van der Waals surface area contributed by atoms with E-state index in [1.54, 1.807) is 17.0 Å². The Morgan fingerprint density at radius 1 is 1.42 bits per heavy atom. The number of carbonyl (C=O) groups is 1. The van der Waals surface area contributed by atoms with Crippen LogP contribution in [0.3, 0.4) is 0 Å². The fraction of sp³-hybridized carbons (Fsp3) is 0.500. The molecule has 0 saturated carbocycles. The fourth-order valence-corrected chi connectivity index (χ4v) is 2.12. The first-order valence-corrected chi connectivity index (χ1v) is 6.57. The third-order valence-electron chi connectivity index (χ3n) is 2.95. The summed E-state index contributed by atoms with van der Waals surface area (Å²) in [5, 5.41) is 0.119. The van der Waals surface area contributed by atoms with Crippen molar-refractivity contribution in [3.05, 3.63) is 34.6 Å². The minimum atomic E-state index is -0.485. The maximum atomic E-state index is 13.1. The van der Waals surface area contributed by atoms with E-state index >= 15 is 0 Å². The molecule has 0 aliphatic carbocycles. The number of ether oxygens (including phenoxy) is 1. The Bertz CT molecular complexity index is 493. The Morgan fingerprint density at radius 3 is 2.58 bits per heavy atom. The lowest BCUT2D eigenvalue weighted by Gasteiger charge is -2.40. The minimum Gasteiger partial charge on any atom is -0.444 e. The van der Waals surface area contributed by atoms with Crippen molar-refractivity contribution in [2.75, 3.05) is 13.1 Å². The smallest absolute Gasteiger partial charge is 0.410 e. The molecule has 1 amide bonds. The average Bonchev–Trinajstić information content (AvgIpc) is 2.18. The van der Waals surface area contributed by atoms with Gasteiger partial charge in [-0.3, -0.25) is 0 Å². The van der Waals surface area contributed by atoms with Gasteiger partial charge in [-0.15, -0.1) is 0 Å². The molecule has 0 unspecified atom stereocenters. The zero-order valence-electron chi connectivity index (χ0n) is 11.2. The SMILES string of the molecule is CC(C)(C)OC(=O)N1CC(c2ccc(F)c(Cl)c2)C1. The molecule has 0 bridgehead atoms. The van der Waals surface area contributed by atoms with Crippen LogP contribution in [0, 0.1) is 5.82 Å². The van der Waals surface area contributed by atoms with Gasteiger partial charge in [-0.1, -0.05) is 17.7 Å². The van der Waals surface area contributed by atoms with Gasteiger partial charge in [-0.25, -0.2) is 9.18 Å². The van der Waals surface area contributed by atoms with Crippen LogP contribution in [0.4, 0.5) is 9.18 Å². The van der Waals surface area contributed by atoms with Crippen molar-refractivity contribution < 1.29 is 13.9 Å². The van der Waals surface area contributed by atoms with Crippen molar-refractivity contribution in [2.24, 2.45) is 0 Å². The third kappa shape index (κ3) is 3.38. The molecule has 19 heavy (non-hydrogen) atoms. The monoisotopic (exact) mass is 285 g/mol. The van der Waals surface area contributed by atoms with Crippen molar-refractivity contribution in [1.29, 1.82) is 0 Å². The van der Waals surface area contributed by atoms with E-state index in [9.17, 15) is 9.18 Å².